The van der Waals surface area contributed by atoms with Gasteiger partial charge in [-0.1, -0.05) is 84.9 Å². The Balaban J connectivity index is 1.41. The highest BCUT2D eigenvalue weighted by atomic mass is 16.5. The van der Waals surface area contributed by atoms with Gasteiger partial charge < -0.3 is 14.8 Å². The van der Waals surface area contributed by atoms with Gasteiger partial charge in [0.1, 0.15) is 6.61 Å². The van der Waals surface area contributed by atoms with E-state index in [4.69, 9.17) is 9.47 Å². The quantitative estimate of drug-likeness (QED) is 0.675. The molecule has 0 unspecified atom stereocenters. The summed E-state index contributed by atoms with van der Waals surface area (Å²) >= 11 is 0. The van der Waals surface area contributed by atoms with Crippen LogP contribution in [-0.4, -0.2) is 12.2 Å². The van der Waals surface area contributed by atoms with Crippen molar-refractivity contribution in [1.29, 1.82) is 0 Å². The average Bonchev–Trinajstić information content (AvgIpc) is 3.10. The third kappa shape index (κ3) is 4.41. The van der Waals surface area contributed by atoms with E-state index in [9.17, 15) is 4.79 Å². The van der Waals surface area contributed by atoms with Crippen molar-refractivity contribution >= 4 is 6.09 Å². The summed E-state index contributed by atoms with van der Waals surface area (Å²) in [6.45, 7) is 0.757. The van der Waals surface area contributed by atoms with Crippen LogP contribution in [0.3, 0.4) is 0 Å². The second kappa shape index (κ2) is 8.72. The minimum absolute atomic E-state index is 0.123. The summed E-state index contributed by atoms with van der Waals surface area (Å²) in [5.41, 5.74) is 4.37. The third-order valence-corrected chi connectivity index (χ3v) is 4.98. The Morgan fingerprint density at radius 1 is 0.821 bits per heavy atom. The zero-order valence-corrected chi connectivity index (χ0v) is 15.6. The van der Waals surface area contributed by atoms with Gasteiger partial charge in [0.2, 0.25) is 0 Å². The molecule has 0 radical (unpaired) electrons. The summed E-state index contributed by atoms with van der Waals surface area (Å²) in [7, 11) is 0. The average molecular weight is 373 g/mol. The number of rotatable bonds is 6. The van der Waals surface area contributed by atoms with Crippen LogP contribution in [0.1, 0.15) is 28.3 Å². The Bertz CT molecular complexity index is 911. The van der Waals surface area contributed by atoms with Crippen molar-refractivity contribution in [3.8, 4) is 0 Å². The van der Waals surface area contributed by atoms with Crippen LogP contribution >= 0.6 is 0 Å². The van der Waals surface area contributed by atoms with Crippen molar-refractivity contribution in [2.24, 2.45) is 0 Å². The number of ether oxygens (including phenoxy) is 2. The molecule has 3 aromatic rings. The van der Waals surface area contributed by atoms with Crippen LogP contribution in [-0.2, 0) is 29.1 Å². The molecule has 142 valence electrons. The number of nitrogens with one attached hydrogen (secondary N) is 1. The summed E-state index contributed by atoms with van der Waals surface area (Å²) in [5, 5.41) is 3.01. The van der Waals surface area contributed by atoms with E-state index in [1.807, 2.05) is 78.9 Å². The molecule has 0 aromatic heterocycles. The molecule has 0 aliphatic heterocycles. The SMILES string of the molecule is O=C(N[C@@H]1c2ccccc2C[C@H]1OCc1ccccc1)OCc1ccccc1. The molecule has 2 atom stereocenters. The molecule has 1 aliphatic rings. The molecule has 1 N–H and O–H groups in total. The number of alkyl carbamates (subject to hydrolysis) is 1. The highest BCUT2D eigenvalue weighted by Crippen LogP contribution is 2.34. The maximum Gasteiger partial charge on any atom is 0.408 e. The zero-order valence-electron chi connectivity index (χ0n) is 15.6. The number of fused-ring (bicyclic) bond motifs is 1. The minimum Gasteiger partial charge on any atom is -0.445 e. The lowest BCUT2D eigenvalue weighted by Crippen LogP contribution is -2.35. The van der Waals surface area contributed by atoms with E-state index in [1.54, 1.807) is 0 Å². The molecule has 1 aliphatic carbocycles. The van der Waals surface area contributed by atoms with Gasteiger partial charge in [-0.3, -0.25) is 0 Å². The molecule has 1 amide bonds. The predicted octanol–water partition coefficient (Wildman–Crippen LogP) is 4.80. The van der Waals surface area contributed by atoms with E-state index in [2.05, 4.69) is 11.4 Å². The second-order valence-electron chi connectivity index (χ2n) is 6.92. The lowest BCUT2D eigenvalue weighted by atomic mass is 10.1. The number of carbonyl (C=O) groups is 1. The van der Waals surface area contributed by atoms with Gasteiger partial charge in [-0.2, -0.15) is 0 Å². The third-order valence-electron chi connectivity index (χ3n) is 4.98. The van der Waals surface area contributed by atoms with Gasteiger partial charge >= 0.3 is 6.09 Å². The normalized spacial score (nSPS) is 17.7. The van der Waals surface area contributed by atoms with E-state index < -0.39 is 6.09 Å². The molecular formula is C24H23NO3. The lowest BCUT2D eigenvalue weighted by Gasteiger charge is -2.22. The van der Waals surface area contributed by atoms with Crippen molar-refractivity contribution in [1.82, 2.24) is 5.32 Å². The largest absolute Gasteiger partial charge is 0.445 e. The molecule has 4 rings (SSSR count). The highest BCUT2D eigenvalue weighted by Gasteiger charge is 2.34. The Morgan fingerprint density at radius 3 is 2.14 bits per heavy atom. The summed E-state index contributed by atoms with van der Waals surface area (Å²) in [6.07, 6.45) is 0.216. The van der Waals surface area contributed by atoms with Gasteiger partial charge in [-0.25, -0.2) is 4.79 Å². The molecule has 3 aromatic carbocycles. The monoisotopic (exact) mass is 373 g/mol. The fourth-order valence-electron chi connectivity index (χ4n) is 3.55. The van der Waals surface area contributed by atoms with Gasteiger partial charge in [0.05, 0.1) is 18.8 Å². The number of carbonyl (C=O) groups excluding carboxylic acids is 1. The molecule has 0 saturated heterocycles. The van der Waals surface area contributed by atoms with Crippen LogP contribution in [0.25, 0.3) is 0 Å². The lowest BCUT2D eigenvalue weighted by molar-refractivity contribution is 0.0212. The highest BCUT2D eigenvalue weighted by molar-refractivity contribution is 5.68. The van der Waals surface area contributed by atoms with E-state index >= 15 is 0 Å². The number of hydrogen-bond donors (Lipinski definition) is 1. The molecule has 4 heteroatoms. The maximum atomic E-state index is 12.4. The van der Waals surface area contributed by atoms with Gasteiger partial charge in [0.15, 0.2) is 0 Å². The second-order valence-corrected chi connectivity index (χ2v) is 6.92. The van der Waals surface area contributed by atoms with Gasteiger partial charge in [0.25, 0.3) is 0 Å². The fourth-order valence-corrected chi connectivity index (χ4v) is 3.55. The molecule has 0 spiro atoms. The summed E-state index contributed by atoms with van der Waals surface area (Å²) in [4.78, 5) is 12.4. The van der Waals surface area contributed by atoms with Gasteiger partial charge in [-0.05, 0) is 22.3 Å². The number of amides is 1. The molecule has 0 fully saturated rings. The van der Waals surface area contributed by atoms with E-state index in [1.165, 1.54) is 5.56 Å². The van der Waals surface area contributed by atoms with Crippen LogP contribution in [0.2, 0.25) is 0 Å². The zero-order chi connectivity index (χ0) is 19.2. The predicted molar refractivity (Wildman–Crippen MR) is 108 cm³/mol. The van der Waals surface area contributed by atoms with Crippen molar-refractivity contribution in [3.63, 3.8) is 0 Å². The first-order valence-corrected chi connectivity index (χ1v) is 9.50. The van der Waals surface area contributed by atoms with Gasteiger partial charge in [-0.15, -0.1) is 0 Å². The molecule has 28 heavy (non-hydrogen) atoms. The van der Waals surface area contributed by atoms with Crippen LogP contribution in [0.15, 0.2) is 84.9 Å². The van der Waals surface area contributed by atoms with E-state index in [-0.39, 0.29) is 18.8 Å². The first-order chi connectivity index (χ1) is 13.8. The van der Waals surface area contributed by atoms with Crippen molar-refractivity contribution in [2.45, 2.75) is 31.8 Å². The van der Waals surface area contributed by atoms with Crippen LogP contribution in [0.4, 0.5) is 4.79 Å². The fraction of sp³-hybridized carbons (Fsp3) is 0.208. The molecule has 0 bridgehead atoms. The topological polar surface area (TPSA) is 47.6 Å². The van der Waals surface area contributed by atoms with Crippen LogP contribution in [0, 0.1) is 0 Å². The minimum atomic E-state index is -0.432. The molecule has 0 heterocycles. The Hall–Kier alpha value is -3.11. The Morgan fingerprint density at radius 2 is 1.43 bits per heavy atom. The number of benzene rings is 3. The van der Waals surface area contributed by atoms with E-state index in [0.717, 1.165) is 23.1 Å². The first kappa shape index (κ1) is 18.3. The number of hydrogen-bond acceptors (Lipinski definition) is 3. The maximum absolute atomic E-state index is 12.4. The summed E-state index contributed by atoms with van der Waals surface area (Å²) in [5.74, 6) is 0. The Labute approximate surface area is 165 Å². The standard InChI is InChI=1S/C24H23NO3/c26-24(28-17-19-11-5-2-6-12-19)25-23-21-14-8-7-13-20(21)15-22(23)27-16-18-9-3-1-4-10-18/h1-14,22-23H,15-17H2,(H,25,26)/t22-,23-/m1/s1. The Kier molecular flexibility index (Phi) is 5.69. The molecule has 0 saturated carbocycles. The first-order valence-electron chi connectivity index (χ1n) is 9.50. The van der Waals surface area contributed by atoms with Crippen molar-refractivity contribution in [2.75, 3.05) is 0 Å². The van der Waals surface area contributed by atoms with Gasteiger partial charge in [0, 0.05) is 6.42 Å². The van der Waals surface area contributed by atoms with Crippen molar-refractivity contribution in [3.05, 3.63) is 107 Å². The smallest absolute Gasteiger partial charge is 0.408 e. The van der Waals surface area contributed by atoms with Crippen LogP contribution < -0.4 is 5.32 Å². The summed E-state index contributed by atoms with van der Waals surface area (Å²) in [6, 6.07) is 27.6. The van der Waals surface area contributed by atoms with Crippen LogP contribution in [0.5, 0.6) is 0 Å². The van der Waals surface area contributed by atoms with Crippen molar-refractivity contribution < 1.29 is 14.3 Å². The molecular weight excluding hydrogens is 350 g/mol. The van der Waals surface area contributed by atoms with E-state index in [0.29, 0.717) is 6.61 Å². The summed E-state index contributed by atoms with van der Waals surface area (Å²) < 4.78 is 11.6. The molecule has 4 nitrogen and oxygen atoms in total.